The van der Waals surface area contributed by atoms with E-state index in [1.807, 2.05) is 0 Å². The number of nitrogens with zero attached hydrogens (tertiary/aromatic N) is 3. The van der Waals surface area contributed by atoms with Crippen molar-refractivity contribution < 1.29 is 55.0 Å². The zero-order valence-corrected chi connectivity index (χ0v) is 36.6. The quantitative estimate of drug-likeness (QED) is 0.0236. The molecule has 0 bridgehead atoms. The summed E-state index contributed by atoms with van der Waals surface area (Å²) in [5, 5.41) is 23.1. The minimum Gasteiger partial charge on any atom is -0.485 e. The van der Waals surface area contributed by atoms with Gasteiger partial charge in [-0.25, -0.2) is 9.97 Å². The molecule has 4 amide bonds. The minimum atomic E-state index is -4.95. The molecule has 2 aromatic carbocycles. The van der Waals surface area contributed by atoms with Crippen molar-refractivity contribution in [3.05, 3.63) is 59.2 Å². The first-order valence-corrected chi connectivity index (χ1v) is 21.7. The average molecular weight is 949 g/mol. The number of anilines is 4. The molecular formula is C43H54F6N12O6. The van der Waals surface area contributed by atoms with Crippen LogP contribution in [0.1, 0.15) is 110 Å². The van der Waals surface area contributed by atoms with E-state index in [1.54, 1.807) is 6.92 Å². The van der Waals surface area contributed by atoms with Gasteiger partial charge in [0.2, 0.25) is 11.8 Å². The van der Waals surface area contributed by atoms with Gasteiger partial charge in [0.1, 0.15) is 29.9 Å². The Balaban J connectivity index is 1.42. The molecule has 2 aliphatic heterocycles. The number of hydrogen-bond donors (Lipinski definition) is 9. The van der Waals surface area contributed by atoms with Crippen molar-refractivity contribution in [3.63, 3.8) is 0 Å². The number of halogens is 6. The number of hydrogen-bond acceptors (Lipinski definition) is 12. The lowest BCUT2D eigenvalue weighted by Crippen LogP contribution is -2.24. The first kappa shape index (κ1) is 51.4. The lowest BCUT2D eigenvalue weighted by atomic mass is 10.1. The fraction of sp³-hybridized carbons (Fsp3) is 0.488. The highest BCUT2D eigenvalue weighted by atomic mass is 19.4. The highest BCUT2D eigenvalue weighted by Gasteiger charge is 2.36. The predicted octanol–water partition coefficient (Wildman–Crippen LogP) is 6.20. The van der Waals surface area contributed by atoms with Crippen molar-refractivity contribution in [2.75, 3.05) is 54.0 Å². The molecule has 11 N–H and O–H groups in total. The number of aromatic nitrogens is 2. The second-order valence-electron chi connectivity index (χ2n) is 16.0. The number of amidine groups is 2. The first-order chi connectivity index (χ1) is 31.8. The van der Waals surface area contributed by atoms with Crippen molar-refractivity contribution in [2.24, 2.45) is 16.5 Å². The maximum atomic E-state index is 14.3. The lowest BCUT2D eigenvalue weighted by Gasteiger charge is -2.22. The summed E-state index contributed by atoms with van der Waals surface area (Å²) in [6.45, 7) is 3.62. The van der Waals surface area contributed by atoms with E-state index < -0.39 is 82.1 Å². The van der Waals surface area contributed by atoms with Gasteiger partial charge < -0.3 is 52.8 Å². The molecule has 1 aromatic heterocycles. The molecule has 2 fully saturated rings. The van der Waals surface area contributed by atoms with Crippen LogP contribution in [0.15, 0.2) is 41.7 Å². The fourth-order valence-corrected chi connectivity index (χ4v) is 7.01. The van der Waals surface area contributed by atoms with Crippen molar-refractivity contribution in [1.82, 2.24) is 20.6 Å². The molecule has 0 saturated carbocycles. The molecule has 364 valence electrons. The van der Waals surface area contributed by atoms with Crippen LogP contribution in [0.25, 0.3) is 0 Å². The van der Waals surface area contributed by atoms with Crippen LogP contribution in [-0.4, -0.2) is 90.2 Å². The minimum absolute atomic E-state index is 0.0397. The van der Waals surface area contributed by atoms with E-state index >= 15 is 0 Å². The maximum Gasteiger partial charge on any atom is 0.416 e. The zero-order chi connectivity index (χ0) is 48.7. The van der Waals surface area contributed by atoms with Gasteiger partial charge in [-0.1, -0.05) is 12.8 Å². The van der Waals surface area contributed by atoms with E-state index in [2.05, 4.69) is 46.9 Å². The average Bonchev–Trinajstić information content (AvgIpc) is 3.98. The topological polar surface area (TPSA) is 273 Å². The Morgan fingerprint density at radius 3 is 1.48 bits per heavy atom. The van der Waals surface area contributed by atoms with E-state index in [-0.39, 0.29) is 41.6 Å². The van der Waals surface area contributed by atoms with Crippen LogP contribution in [0.3, 0.4) is 0 Å². The number of unbranched alkanes of at least 4 members (excludes halogenated alkanes) is 4. The van der Waals surface area contributed by atoms with E-state index in [0.29, 0.717) is 121 Å². The van der Waals surface area contributed by atoms with E-state index in [1.165, 1.54) is 0 Å². The molecule has 0 spiro atoms. The number of ether oxygens (including phenoxy) is 2. The standard InChI is InChI=1S/C43H54F6N12O6/c1-24(50)55-13-7-6-10-37(63)59-30-17-26(43(47,48)49)19-32(39(30)67-28-12-15-54-22-28)61-41(65)34-20-33(56-23-57-34)40(64)60-31-18-25(42(44,45)46)16-29(38(31)66-27-11-14-53-21-27)58-36(62)9-5-3-2-4-8-35(51)52/h16-20,23,27-28,53-54H,2-15,21-22H2,1H3,(H2,50,55)(H3,51,52)(H,58,62)(H,59,63)(H,60,64)(H,61,65)/t27-,28-/m1/s1. The largest absolute Gasteiger partial charge is 0.485 e. The Hall–Kier alpha value is -6.56. The van der Waals surface area contributed by atoms with Gasteiger partial charge in [-0.05, 0) is 82.8 Å². The molecule has 0 aliphatic carbocycles. The summed E-state index contributed by atoms with van der Waals surface area (Å²) in [6, 6.07) is 3.49. The molecule has 3 aromatic rings. The second kappa shape index (κ2) is 23.8. The first-order valence-electron chi connectivity index (χ1n) is 21.7. The normalized spacial score (nSPS) is 16.3. The van der Waals surface area contributed by atoms with Crippen LogP contribution in [0.5, 0.6) is 11.5 Å². The van der Waals surface area contributed by atoms with Crippen LogP contribution < -0.4 is 52.8 Å². The zero-order valence-electron chi connectivity index (χ0n) is 36.6. The molecular weight excluding hydrogens is 895 g/mol. The van der Waals surface area contributed by atoms with Crippen molar-refractivity contribution in [2.45, 2.75) is 102 Å². The van der Waals surface area contributed by atoms with Crippen molar-refractivity contribution in [3.8, 4) is 11.5 Å². The number of rotatable bonds is 22. The Morgan fingerprint density at radius 2 is 1.09 bits per heavy atom. The molecule has 2 saturated heterocycles. The van der Waals surface area contributed by atoms with E-state index in [9.17, 15) is 45.5 Å². The lowest BCUT2D eigenvalue weighted by molar-refractivity contribution is -0.138. The van der Waals surface area contributed by atoms with E-state index in [4.69, 9.17) is 26.4 Å². The summed E-state index contributed by atoms with van der Waals surface area (Å²) in [4.78, 5) is 65.5. The van der Waals surface area contributed by atoms with Gasteiger partial charge in [-0.2, -0.15) is 26.3 Å². The molecule has 0 unspecified atom stereocenters. The fourth-order valence-electron chi connectivity index (χ4n) is 7.01. The third-order valence-corrected chi connectivity index (χ3v) is 10.4. The number of nitrogens with one attached hydrogen (secondary N) is 7. The summed E-state index contributed by atoms with van der Waals surface area (Å²) < 4.78 is 98.1. The molecule has 24 heteroatoms. The molecule has 18 nitrogen and oxygen atoms in total. The molecule has 2 atom stereocenters. The smallest absolute Gasteiger partial charge is 0.416 e. The highest BCUT2D eigenvalue weighted by molar-refractivity contribution is 6.09. The summed E-state index contributed by atoms with van der Waals surface area (Å²) in [7, 11) is 0. The van der Waals surface area contributed by atoms with Crippen LogP contribution in [0.4, 0.5) is 49.1 Å². The van der Waals surface area contributed by atoms with Gasteiger partial charge in [0.15, 0.2) is 11.5 Å². The van der Waals surface area contributed by atoms with Crippen LogP contribution in [-0.2, 0) is 21.9 Å². The monoisotopic (exact) mass is 948 g/mol. The number of carbonyl (C=O) groups is 4. The SMILES string of the molecule is CC(N)=NCCCCC(=O)Nc1cc(C(F)(F)F)cc(NC(=O)c2cc(C(=O)Nc3cc(C(F)(F)F)cc(NC(=O)CCCCCCC(=N)N)c3O[C@@H]3CCNC3)ncn2)c1O[C@@H]1CCNC1. The van der Waals surface area contributed by atoms with Crippen LogP contribution in [0, 0.1) is 5.41 Å². The number of amides is 4. The van der Waals surface area contributed by atoms with Crippen LogP contribution in [0.2, 0.25) is 0 Å². The second-order valence-corrected chi connectivity index (χ2v) is 16.0. The van der Waals surface area contributed by atoms with Gasteiger partial charge >= 0.3 is 12.4 Å². The number of aliphatic imine (C=N–C) groups is 1. The molecule has 3 heterocycles. The third kappa shape index (κ3) is 16.1. The number of nitrogens with two attached hydrogens (primary N) is 2. The summed E-state index contributed by atoms with van der Waals surface area (Å²) >= 11 is 0. The Morgan fingerprint density at radius 1 is 0.672 bits per heavy atom. The Labute approximate surface area is 381 Å². The molecule has 67 heavy (non-hydrogen) atoms. The Kier molecular flexibility index (Phi) is 18.2. The van der Waals surface area contributed by atoms with Gasteiger partial charge in [0.05, 0.1) is 45.5 Å². The van der Waals surface area contributed by atoms with Gasteiger partial charge in [-0.3, -0.25) is 29.6 Å². The summed E-state index contributed by atoms with van der Waals surface area (Å²) in [6.07, 6.45) is -5.97. The molecule has 2 aliphatic rings. The predicted molar refractivity (Wildman–Crippen MR) is 238 cm³/mol. The molecule has 5 rings (SSSR count). The number of alkyl halides is 6. The van der Waals surface area contributed by atoms with Gasteiger partial charge in [0.25, 0.3) is 11.8 Å². The summed E-state index contributed by atoms with van der Waals surface area (Å²) in [5.41, 5.74) is 5.64. The Bertz CT molecular complexity index is 2280. The highest BCUT2D eigenvalue weighted by Crippen LogP contribution is 2.43. The number of benzene rings is 2. The van der Waals surface area contributed by atoms with E-state index in [0.717, 1.165) is 12.4 Å². The van der Waals surface area contributed by atoms with Gasteiger partial charge in [0, 0.05) is 45.0 Å². The number of carbonyl (C=O) groups excluding carboxylic acids is 4. The summed E-state index contributed by atoms with van der Waals surface area (Å²) in [5.74, 6) is -3.68. The molecule has 0 radical (unpaired) electrons. The van der Waals surface area contributed by atoms with Gasteiger partial charge in [-0.15, -0.1) is 0 Å². The third-order valence-electron chi connectivity index (χ3n) is 10.4. The van der Waals surface area contributed by atoms with Crippen molar-refractivity contribution in [1.29, 1.82) is 5.41 Å². The maximum absolute atomic E-state index is 14.3. The van der Waals surface area contributed by atoms with Crippen molar-refractivity contribution >= 4 is 58.0 Å². The van der Waals surface area contributed by atoms with Crippen LogP contribution >= 0.6 is 0 Å².